The van der Waals surface area contributed by atoms with E-state index in [-0.39, 0.29) is 5.75 Å². The van der Waals surface area contributed by atoms with E-state index in [4.69, 9.17) is 4.74 Å². The summed E-state index contributed by atoms with van der Waals surface area (Å²) in [4.78, 5) is 4.51. The lowest BCUT2D eigenvalue weighted by Crippen LogP contribution is -1.85. The summed E-state index contributed by atoms with van der Waals surface area (Å²) >= 11 is 0. The average Bonchev–Trinajstić information content (AvgIpc) is 2.68. The minimum atomic E-state index is 0.191. The van der Waals surface area contributed by atoms with Gasteiger partial charge in [0.15, 0.2) is 0 Å². The van der Waals surface area contributed by atoms with Crippen LogP contribution in [-0.4, -0.2) is 10.1 Å². The third-order valence-electron chi connectivity index (χ3n) is 4.00. The highest BCUT2D eigenvalue weighted by Crippen LogP contribution is 2.24. The van der Waals surface area contributed by atoms with Gasteiger partial charge < -0.3 is 9.84 Å². The predicted octanol–water partition coefficient (Wildman–Crippen LogP) is 5.90. The summed E-state index contributed by atoms with van der Waals surface area (Å²) in [5, 5.41) is 10.9. The van der Waals surface area contributed by atoms with Crippen LogP contribution in [0.25, 0.3) is 23.1 Å². The lowest BCUT2D eigenvalue weighted by Gasteiger charge is -2.06. The Kier molecular flexibility index (Phi) is 4.35. The number of para-hydroxylation sites is 2. The molecule has 0 spiro atoms. The van der Waals surface area contributed by atoms with Crippen molar-refractivity contribution < 1.29 is 9.84 Å². The van der Waals surface area contributed by atoms with Crippen LogP contribution < -0.4 is 4.74 Å². The Hall–Kier alpha value is -3.59. The van der Waals surface area contributed by atoms with Gasteiger partial charge >= 0.3 is 0 Å². The molecule has 0 saturated carbocycles. The minimum absolute atomic E-state index is 0.191. The molecular weight excluding hydrogens is 322 g/mol. The molecule has 0 atom stereocenters. The highest BCUT2D eigenvalue weighted by Gasteiger charge is 2.01. The Bertz CT molecular complexity index is 1070. The van der Waals surface area contributed by atoms with E-state index in [1.807, 2.05) is 91.0 Å². The lowest BCUT2D eigenvalue weighted by atomic mass is 10.1. The first kappa shape index (κ1) is 15.9. The molecule has 4 aromatic rings. The van der Waals surface area contributed by atoms with Crippen LogP contribution in [-0.2, 0) is 0 Å². The molecule has 3 nitrogen and oxygen atoms in total. The summed E-state index contributed by atoms with van der Waals surface area (Å²) in [7, 11) is 0. The average molecular weight is 339 g/mol. The van der Waals surface area contributed by atoms with Crippen LogP contribution in [0.4, 0.5) is 0 Å². The Morgan fingerprint density at radius 1 is 0.731 bits per heavy atom. The molecule has 0 aliphatic heterocycles. The zero-order valence-corrected chi connectivity index (χ0v) is 14.0. The molecule has 1 N–H and O–H groups in total. The quantitative estimate of drug-likeness (QED) is 0.503. The molecule has 0 saturated heterocycles. The van der Waals surface area contributed by atoms with Gasteiger partial charge in [-0.25, -0.2) is 4.98 Å². The topological polar surface area (TPSA) is 42.4 Å². The predicted molar refractivity (Wildman–Crippen MR) is 105 cm³/mol. The van der Waals surface area contributed by atoms with Crippen molar-refractivity contribution in [1.82, 2.24) is 4.98 Å². The van der Waals surface area contributed by atoms with E-state index < -0.39 is 0 Å². The molecular formula is C23H17NO2. The van der Waals surface area contributed by atoms with Gasteiger partial charge in [0.05, 0.1) is 5.69 Å². The zero-order valence-electron chi connectivity index (χ0n) is 14.0. The SMILES string of the molecule is Oc1cccc2ccc(/C=C/c3cccc(Oc4ccccc4)c3)nc12. The highest BCUT2D eigenvalue weighted by molar-refractivity contribution is 5.85. The molecule has 0 fully saturated rings. The van der Waals surface area contributed by atoms with Gasteiger partial charge in [-0.3, -0.25) is 0 Å². The van der Waals surface area contributed by atoms with Crippen LogP contribution >= 0.6 is 0 Å². The van der Waals surface area contributed by atoms with Crippen molar-refractivity contribution in [3.05, 3.63) is 96.2 Å². The molecule has 0 aliphatic rings. The van der Waals surface area contributed by atoms with Crippen LogP contribution in [0.3, 0.4) is 0 Å². The van der Waals surface area contributed by atoms with Gasteiger partial charge in [0.25, 0.3) is 0 Å². The van der Waals surface area contributed by atoms with Crippen molar-refractivity contribution in [2.45, 2.75) is 0 Å². The van der Waals surface area contributed by atoms with Crippen molar-refractivity contribution in [3.8, 4) is 17.2 Å². The Labute approximate surface area is 151 Å². The molecule has 126 valence electrons. The number of rotatable bonds is 4. The van der Waals surface area contributed by atoms with E-state index >= 15 is 0 Å². The Morgan fingerprint density at radius 2 is 1.54 bits per heavy atom. The molecule has 1 aromatic heterocycles. The van der Waals surface area contributed by atoms with Gasteiger partial charge in [0.2, 0.25) is 0 Å². The fourth-order valence-electron chi connectivity index (χ4n) is 2.73. The van der Waals surface area contributed by atoms with Crippen LogP contribution in [0.5, 0.6) is 17.2 Å². The molecule has 4 rings (SSSR count). The number of hydrogen-bond acceptors (Lipinski definition) is 3. The summed E-state index contributed by atoms with van der Waals surface area (Å²) < 4.78 is 5.86. The molecule has 1 heterocycles. The van der Waals surface area contributed by atoms with Gasteiger partial charge in [-0.1, -0.05) is 54.6 Å². The number of aromatic nitrogens is 1. The van der Waals surface area contributed by atoms with E-state index in [1.165, 1.54) is 0 Å². The molecule has 3 aromatic carbocycles. The number of benzene rings is 3. The summed E-state index contributed by atoms with van der Waals surface area (Å²) in [6, 6.07) is 26.8. The Balaban J connectivity index is 1.57. The van der Waals surface area contributed by atoms with E-state index in [9.17, 15) is 5.11 Å². The molecule has 0 radical (unpaired) electrons. The third kappa shape index (κ3) is 3.57. The van der Waals surface area contributed by atoms with E-state index in [0.29, 0.717) is 5.52 Å². The lowest BCUT2D eigenvalue weighted by molar-refractivity contribution is 0.480. The number of fused-ring (bicyclic) bond motifs is 1. The van der Waals surface area contributed by atoms with E-state index in [0.717, 1.165) is 28.1 Å². The highest BCUT2D eigenvalue weighted by atomic mass is 16.5. The molecule has 0 unspecified atom stereocenters. The zero-order chi connectivity index (χ0) is 17.8. The maximum Gasteiger partial charge on any atom is 0.141 e. The van der Waals surface area contributed by atoms with E-state index in [1.54, 1.807) is 6.07 Å². The van der Waals surface area contributed by atoms with Gasteiger partial charge in [-0.2, -0.15) is 0 Å². The van der Waals surface area contributed by atoms with Gasteiger partial charge in [-0.05, 0) is 48.0 Å². The van der Waals surface area contributed by atoms with Crippen molar-refractivity contribution >= 4 is 23.1 Å². The normalized spacial score (nSPS) is 11.1. The van der Waals surface area contributed by atoms with Crippen LogP contribution in [0.15, 0.2) is 84.9 Å². The van der Waals surface area contributed by atoms with Gasteiger partial charge in [-0.15, -0.1) is 0 Å². The van der Waals surface area contributed by atoms with E-state index in [2.05, 4.69) is 4.98 Å². The molecule has 0 amide bonds. The summed E-state index contributed by atoms with van der Waals surface area (Å²) in [6.07, 6.45) is 3.90. The second kappa shape index (κ2) is 7.11. The largest absolute Gasteiger partial charge is 0.506 e. The van der Waals surface area contributed by atoms with Crippen molar-refractivity contribution in [2.24, 2.45) is 0 Å². The van der Waals surface area contributed by atoms with Crippen LogP contribution in [0.1, 0.15) is 11.3 Å². The van der Waals surface area contributed by atoms with Crippen molar-refractivity contribution in [2.75, 3.05) is 0 Å². The maximum absolute atomic E-state index is 9.95. The number of hydrogen-bond donors (Lipinski definition) is 1. The van der Waals surface area contributed by atoms with Crippen molar-refractivity contribution in [3.63, 3.8) is 0 Å². The first-order valence-corrected chi connectivity index (χ1v) is 8.38. The number of pyridine rings is 1. The fourth-order valence-corrected chi connectivity index (χ4v) is 2.73. The molecule has 3 heteroatoms. The van der Waals surface area contributed by atoms with Crippen LogP contribution in [0, 0.1) is 0 Å². The summed E-state index contributed by atoms with van der Waals surface area (Å²) in [5.41, 5.74) is 2.40. The second-order valence-electron chi connectivity index (χ2n) is 5.91. The maximum atomic E-state index is 9.95. The molecule has 0 bridgehead atoms. The number of nitrogens with zero attached hydrogens (tertiary/aromatic N) is 1. The number of phenols is 1. The first-order chi connectivity index (χ1) is 12.8. The smallest absolute Gasteiger partial charge is 0.141 e. The number of aromatic hydroxyl groups is 1. The number of phenolic OH excluding ortho intramolecular Hbond substituents is 1. The standard InChI is InChI=1S/C23H17NO2/c25-22-11-5-7-18-13-15-19(24-23(18)22)14-12-17-6-4-10-21(16-17)26-20-8-2-1-3-9-20/h1-16,25H/b14-12+. The van der Waals surface area contributed by atoms with Gasteiger partial charge in [0.1, 0.15) is 22.8 Å². The minimum Gasteiger partial charge on any atom is -0.506 e. The Morgan fingerprint density at radius 3 is 2.42 bits per heavy atom. The molecule has 26 heavy (non-hydrogen) atoms. The number of ether oxygens (including phenoxy) is 1. The van der Waals surface area contributed by atoms with Crippen LogP contribution in [0.2, 0.25) is 0 Å². The second-order valence-corrected chi connectivity index (χ2v) is 5.91. The third-order valence-corrected chi connectivity index (χ3v) is 4.00. The van der Waals surface area contributed by atoms with Crippen molar-refractivity contribution in [1.29, 1.82) is 0 Å². The molecule has 0 aliphatic carbocycles. The summed E-state index contributed by atoms with van der Waals surface area (Å²) in [5.74, 6) is 1.78. The van der Waals surface area contributed by atoms with Gasteiger partial charge in [0, 0.05) is 5.39 Å². The fraction of sp³-hybridized carbons (Fsp3) is 0. The summed E-state index contributed by atoms with van der Waals surface area (Å²) in [6.45, 7) is 0. The monoisotopic (exact) mass is 339 g/mol. The first-order valence-electron chi connectivity index (χ1n) is 8.38.